The molecule has 0 aromatic heterocycles. The van der Waals surface area contributed by atoms with Crippen LogP contribution in [-0.4, -0.2) is 16.3 Å². The average molecular weight is 199 g/mol. The Hall–Kier alpha value is -1.13. The smallest absolute Gasteiger partial charge is 0.131 e. The molecule has 2 atom stereocenters. The zero-order valence-corrected chi connectivity index (χ0v) is 7.94. The zero-order chi connectivity index (χ0) is 10.7. The lowest BCUT2D eigenvalue weighted by Crippen LogP contribution is -2.26. The fraction of sp³-hybridized carbons (Fsp3) is 0.400. The summed E-state index contributed by atoms with van der Waals surface area (Å²) in [6, 6.07) is 2.97. The van der Waals surface area contributed by atoms with E-state index >= 15 is 0 Å². The summed E-state index contributed by atoms with van der Waals surface area (Å²) < 4.78 is 13.2. The third-order valence-corrected chi connectivity index (χ3v) is 2.18. The predicted molar refractivity (Wildman–Crippen MR) is 51.3 cm³/mol. The molecule has 3 nitrogen and oxygen atoms in total. The summed E-state index contributed by atoms with van der Waals surface area (Å²) in [5.41, 5.74) is 5.85. The van der Waals surface area contributed by atoms with Crippen LogP contribution in [0.15, 0.2) is 18.2 Å². The number of nitrogens with two attached hydrogens (primary N) is 1. The van der Waals surface area contributed by atoms with Crippen LogP contribution in [0.25, 0.3) is 0 Å². The van der Waals surface area contributed by atoms with Crippen molar-refractivity contribution in [2.45, 2.75) is 25.5 Å². The monoisotopic (exact) mass is 199 g/mol. The van der Waals surface area contributed by atoms with Gasteiger partial charge in [-0.1, -0.05) is 13.0 Å². The lowest BCUT2D eigenvalue weighted by Gasteiger charge is -2.18. The van der Waals surface area contributed by atoms with Crippen LogP contribution in [0.4, 0.5) is 4.39 Å². The molecule has 1 rings (SSSR count). The molecule has 0 spiro atoms. The molecule has 0 aliphatic carbocycles. The highest BCUT2D eigenvalue weighted by Crippen LogP contribution is 2.22. The maximum absolute atomic E-state index is 13.2. The first-order valence-electron chi connectivity index (χ1n) is 4.48. The Bertz CT molecular complexity index is 317. The molecule has 0 saturated carbocycles. The number of hydrogen-bond donors (Lipinski definition) is 3. The minimum absolute atomic E-state index is 0.149. The van der Waals surface area contributed by atoms with E-state index < -0.39 is 18.0 Å². The molecule has 1 aromatic carbocycles. The highest BCUT2D eigenvalue weighted by Gasteiger charge is 2.18. The summed E-state index contributed by atoms with van der Waals surface area (Å²) in [7, 11) is 0. The van der Waals surface area contributed by atoms with Crippen molar-refractivity contribution in [2.24, 2.45) is 5.73 Å². The van der Waals surface area contributed by atoms with Crippen LogP contribution < -0.4 is 5.73 Å². The molecule has 0 heterocycles. The Labute approximate surface area is 82.0 Å². The van der Waals surface area contributed by atoms with Gasteiger partial charge >= 0.3 is 0 Å². The van der Waals surface area contributed by atoms with E-state index in [-0.39, 0.29) is 11.3 Å². The van der Waals surface area contributed by atoms with E-state index in [9.17, 15) is 9.50 Å². The molecule has 4 N–H and O–H groups in total. The molecular formula is C10H14FNO2. The number of hydrogen-bond acceptors (Lipinski definition) is 3. The molecule has 0 saturated heterocycles. The molecule has 0 bridgehead atoms. The number of rotatable bonds is 3. The van der Waals surface area contributed by atoms with Crippen molar-refractivity contribution in [1.82, 2.24) is 0 Å². The molecule has 0 aliphatic heterocycles. The lowest BCUT2D eigenvalue weighted by molar-refractivity contribution is 0.139. The van der Waals surface area contributed by atoms with Gasteiger partial charge < -0.3 is 15.9 Å². The minimum atomic E-state index is -0.769. The van der Waals surface area contributed by atoms with Crippen molar-refractivity contribution in [2.75, 3.05) is 0 Å². The third kappa shape index (κ3) is 2.21. The Morgan fingerprint density at radius 1 is 1.50 bits per heavy atom. The summed E-state index contributed by atoms with van der Waals surface area (Å²) in [5, 5.41) is 18.4. The van der Waals surface area contributed by atoms with E-state index in [4.69, 9.17) is 10.8 Å². The molecule has 0 amide bonds. The van der Waals surface area contributed by atoms with Crippen molar-refractivity contribution in [3.05, 3.63) is 29.6 Å². The van der Waals surface area contributed by atoms with Gasteiger partial charge in [0.15, 0.2) is 0 Å². The molecule has 1 aromatic rings. The fourth-order valence-electron chi connectivity index (χ4n) is 1.25. The maximum Gasteiger partial charge on any atom is 0.131 e. The number of phenolic OH excluding ortho intramolecular Hbond substituents is 1. The summed E-state index contributed by atoms with van der Waals surface area (Å²) in [4.78, 5) is 0. The second-order valence-electron chi connectivity index (χ2n) is 3.21. The topological polar surface area (TPSA) is 66.5 Å². The Morgan fingerprint density at radius 2 is 2.14 bits per heavy atom. The van der Waals surface area contributed by atoms with Gasteiger partial charge in [0.2, 0.25) is 0 Å². The highest BCUT2D eigenvalue weighted by molar-refractivity contribution is 5.30. The Kier molecular flexibility index (Phi) is 3.43. The Morgan fingerprint density at radius 3 is 2.64 bits per heavy atom. The van der Waals surface area contributed by atoms with E-state index in [1.54, 1.807) is 6.92 Å². The van der Waals surface area contributed by atoms with Gasteiger partial charge in [-0.15, -0.1) is 0 Å². The number of aliphatic hydroxyl groups excluding tert-OH is 1. The van der Waals surface area contributed by atoms with E-state index in [2.05, 4.69) is 0 Å². The number of aromatic hydroxyl groups is 1. The maximum atomic E-state index is 13.2. The second-order valence-corrected chi connectivity index (χ2v) is 3.21. The SMILES string of the molecule is CC[C@@H](O)[C@@H](N)c1ccc(O)cc1F. The van der Waals surface area contributed by atoms with E-state index in [1.807, 2.05) is 0 Å². The molecule has 78 valence electrons. The first-order valence-corrected chi connectivity index (χ1v) is 4.48. The van der Waals surface area contributed by atoms with Crippen molar-refractivity contribution >= 4 is 0 Å². The molecule has 14 heavy (non-hydrogen) atoms. The predicted octanol–water partition coefficient (Wildman–Crippen LogP) is 1.30. The van der Waals surface area contributed by atoms with Gasteiger partial charge in [0, 0.05) is 11.6 Å². The number of halogens is 1. The van der Waals surface area contributed by atoms with Gasteiger partial charge in [0.25, 0.3) is 0 Å². The summed E-state index contributed by atoms with van der Waals surface area (Å²) in [6.45, 7) is 1.77. The van der Waals surface area contributed by atoms with Crippen molar-refractivity contribution in [1.29, 1.82) is 0 Å². The third-order valence-electron chi connectivity index (χ3n) is 2.18. The first-order chi connectivity index (χ1) is 6.56. The number of phenols is 1. The summed E-state index contributed by atoms with van der Waals surface area (Å²) in [6.07, 6.45) is -0.310. The van der Waals surface area contributed by atoms with Crippen LogP contribution in [0.1, 0.15) is 24.9 Å². The van der Waals surface area contributed by atoms with Gasteiger partial charge in [-0.3, -0.25) is 0 Å². The number of aliphatic hydroxyl groups is 1. The lowest BCUT2D eigenvalue weighted by atomic mass is 10.00. The van der Waals surface area contributed by atoms with Crippen LogP contribution in [0.5, 0.6) is 5.75 Å². The summed E-state index contributed by atoms with van der Waals surface area (Å²) in [5.74, 6) is -0.741. The van der Waals surface area contributed by atoms with Gasteiger partial charge in [-0.05, 0) is 12.5 Å². The zero-order valence-electron chi connectivity index (χ0n) is 7.94. The van der Waals surface area contributed by atoms with Crippen molar-refractivity contribution < 1.29 is 14.6 Å². The van der Waals surface area contributed by atoms with E-state index in [0.29, 0.717) is 6.42 Å². The molecule has 0 aliphatic rings. The first kappa shape index (κ1) is 10.9. The molecule has 0 fully saturated rings. The molecule has 0 radical (unpaired) electrons. The normalized spacial score (nSPS) is 15.1. The second kappa shape index (κ2) is 4.39. The van der Waals surface area contributed by atoms with Crippen LogP contribution in [-0.2, 0) is 0 Å². The average Bonchev–Trinajstić information content (AvgIpc) is 2.15. The Balaban J connectivity index is 2.95. The van der Waals surface area contributed by atoms with Gasteiger partial charge in [-0.25, -0.2) is 4.39 Å². The largest absolute Gasteiger partial charge is 0.508 e. The van der Waals surface area contributed by atoms with E-state index in [1.165, 1.54) is 12.1 Å². The van der Waals surface area contributed by atoms with Crippen molar-refractivity contribution in [3.63, 3.8) is 0 Å². The molecule has 0 unspecified atom stereocenters. The van der Waals surface area contributed by atoms with E-state index in [0.717, 1.165) is 6.07 Å². The van der Waals surface area contributed by atoms with Crippen LogP contribution in [0.3, 0.4) is 0 Å². The molecular weight excluding hydrogens is 185 g/mol. The standard InChI is InChI=1S/C10H14FNO2/c1-2-9(14)10(12)7-4-3-6(13)5-8(7)11/h3-5,9-10,13-14H,2,12H2,1H3/t9-,10+/m1/s1. The van der Waals surface area contributed by atoms with Crippen LogP contribution in [0, 0.1) is 5.82 Å². The minimum Gasteiger partial charge on any atom is -0.508 e. The quantitative estimate of drug-likeness (QED) is 0.687. The fourth-order valence-corrected chi connectivity index (χ4v) is 1.25. The highest BCUT2D eigenvalue weighted by atomic mass is 19.1. The van der Waals surface area contributed by atoms with Gasteiger partial charge in [0.05, 0.1) is 12.1 Å². The molecule has 4 heteroatoms. The van der Waals surface area contributed by atoms with Crippen molar-refractivity contribution in [3.8, 4) is 5.75 Å². The summed E-state index contributed by atoms with van der Waals surface area (Å²) >= 11 is 0. The number of benzene rings is 1. The van der Waals surface area contributed by atoms with Crippen LogP contribution in [0.2, 0.25) is 0 Å². The van der Waals surface area contributed by atoms with Gasteiger partial charge in [0.1, 0.15) is 11.6 Å². The van der Waals surface area contributed by atoms with Gasteiger partial charge in [-0.2, -0.15) is 0 Å². The van der Waals surface area contributed by atoms with Crippen LogP contribution >= 0.6 is 0 Å².